The van der Waals surface area contributed by atoms with Crippen LogP contribution >= 0.6 is 0 Å². The molecule has 12 nitrogen and oxygen atoms in total. The fourth-order valence-corrected chi connectivity index (χ4v) is 4.88. The van der Waals surface area contributed by atoms with Crippen molar-refractivity contribution in [3.05, 3.63) is 88.9 Å². The van der Waals surface area contributed by atoms with E-state index < -0.39 is 11.9 Å². The van der Waals surface area contributed by atoms with Crippen molar-refractivity contribution in [2.24, 2.45) is 0 Å². The molecule has 1 aliphatic rings. The third-order valence-electron chi connectivity index (χ3n) is 7.11. The van der Waals surface area contributed by atoms with E-state index in [0.29, 0.717) is 69.7 Å². The van der Waals surface area contributed by atoms with Gasteiger partial charge in [0.25, 0.3) is 0 Å². The molecule has 5 rings (SSSR count). The van der Waals surface area contributed by atoms with Crippen LogP contribution in [0.25, 0.3) is 17.2 Å². The molecule has 238 valence electrons. The van der Waals surface area contributed by atoms with Gasteiger partial charge in [0.05, 0.1) is 37.6 Å². The lowest BCUT2D eigenvalue weighted by atomic mass is 9.99. The average molecular weight is 629 g/mol. The van der Waals surface area contributed by atoms with Gasteiger partial charge in [-0.1, -0.05) is 31.2 Å². The Balaban J connectivity index is 1.57. The van der Waals surface area contributed by atoms with E-state index in [9.17, 15) is 19.8 Å². The van der Waals surface area contributed by atoms with Gasteiger partial charge in [-0.3, -0.25) is 0 Å². The fourth-order valence-electron chi connectivity index (χ4n) is 4.88. The molecule has 0 saturated heterocycles. The molecule has 2 N–H and O–H groups in total. The highest BCUT2D eigenvalue weighted by atomic mass is 16.7. The number of aromatic nitrogens is 2. The maximum atomic E-state index is 12.6. The summed E-state index contributed by atoms with van der Waals surface area (Å²) in [5.74, 6) is 0.218. The molecular weight excluding hydrogens is 596 g/mol. The summed E-state index contributed by atoms with van der Waals surface area (Å²) in [6.45, 7) is 2.34. The van der Waals surface area contributed by atoms with Crippen LogP contribution in [0, 0.1) is 0 Å². The van der Waals surface area contributed by atoms with Gasteiger partial charge in [0.1, 0.15) is 18.7 Å². The van der Waals surface area contributed by atoms with Gasteiger partial charge in [-0.05, 0) is 42.3 Å². The topological polar surface area (TPSA) is 156 Å². The second-order valence-electron chi connectivity index (χ2n) is 10.1. The lowest BCUT2D eigenvalue weighted by molar-refractivity contribution is -0.132. The highest BCUT2D eigenvalue weighted by Crippen LogP contribution is 2.41. The van der Waals surface area contributed by atoms with Crippen LogP contribution in [0.1, 0.15) is 40.5 Å². The minimum atomic E-state index is -1.16. The summed E-state index contributed by atoms with van der Waals surface area (Å²) >= 11 is 0. The van der Waals surface area contributed by atoms with E-state index in [1.807, 2.05) is 6.92 Å². The van der Waals surface area contributed by atoms with Crippen molar-refractivity contribution in [2.45, 2.75) is 26.4 Å². The number of ether oxygens (including phenoxy) is 6. The van der Waals surface area contributed by atoms with Crippen molar-refractivity contribution in [3.63, 3.8) is 0 Å². The van der Waals surface area contributed by atoms with Gasteiger partial charge < -0.3 is 38.6 Å². The van der Waals surface area contributed by atoms with Gasteiger partial charge in [0, 0.05) is 29.2 Å². The molecule has 0 radical (unpaired) electrons. The molecule has 0 atom stereocenters. The van der Waals surface area contributed by atoms with E-state index in [0.717, 1.165) is 0 Å². The number of carboxylic acids is 2. The third-order valence-corrected chi connectivity index (χ3v) is 7.11. The van der Waals surface area contributed by atoms with Crippen molar-refractivity contribution in [3.8, 4) is 45.8 Å². The molecule has 4 aromatic rings. The monoisotopic (exact) mass is 628 g/mol. The second kappa shape index (κ2) is 14.3. The quantitative estimate of drug-likeness (QED) is 0.165. The number of benzene rings is 3. The summed E-state index contributed by atoms with van der Waals surface area (Å²) < 4.78 is 34.0. The van der Waals surface area contributed by atoms with Gasteiger partial charge >= 0.3 is 11.9 Å². The largest absolute Gasteiger partial charge is 0.496 e. The third kappa shape index (κ3) is 6.96. The number of aromatic carboxylic acids is 1. The first kappa shape index (κ1) is 31.6. The van der Waals surface area contributed by atoms with Crippen molar-refractivity contribution in [2.75, 3.05) is 27.6 Å². The summed E-state index contributed by atoms with van der Waals surface area (Å²) in [5, 5.41) is 19.8. The molecule has 0 amide bonds. The normalized spacial score (nSPS) is 12.0. The van der Waals surface area contributed by atoms with Gasteiger partial charge in [-0.25, -0.2) is 19.6 Å². The number of carboxylic acid groups (broad SMARTS) is 2. The minimum Gasteiger partial charge on any atom is -0.496 e. The van der Waals surface area contributed by atoms with E-state index in [1.54, 1.807) is 48.5 Å². The molecule has 0 saturated carbocycles. The summed E-state index contributed by atoms with van der Waals surface area (Å²) in [4.78, 5) is 33.1. The van der Waals surface area contributed by atoms with Crippen LogP contribution in [0.5, 0.6) is 34.6 Å². The van der Waals surface area contributed by atoms with Crippen LogP contribution < -0.4 is 28.4 Å². The van der Waals surface area contributed by atoms with Crippen LogP contribution in [0.15, 0.2) is 66.5 Å². The molecule has 0 unspecified atom stereocenters. The summed E-state index contributed by atoms with van der Waals surface area (Å²) in [6.07, 6.45) is 3.48. The lowest BCUT2D eigenvalue weighted by Gasteiger charge is -2.16. The van der Waals surface area contributed by atoms with Crippen molar-refractivity contribution in [1.82, 2.24) is 9.97 Å². The first-order valence-electron chi connectivity index (χ1n) is 14.3. The van der Waals surface area contributed by atoms with Crippen LogP contribution in [0.3, 0.4) is 0 Å². The number of fused-ring (bicyclic) bond motifs is 1. The van der Waals surface area contributed by atoms with Gasteiger partial charge in [0.2, 0.25) is 12.7 Å². The highest BCUT2D eigenvalue weighted by molar-refractivity contribution is 5.94. The number of hydrogen-bond donors (Lipinski definition) is 2. The maximum absolute atomic E-state index is 12.6. The predicted octanol–water partition coefficient (Wildman–Crippen LogP) is 5.67. The van der Waals surface area contributed by atoms with Crippen LogP contribution in [0.4, 0.5) is 0 Å². The standard InChI is InChI=1S/C34H32N2O10/c1-4-11-43-32-31(20-9-10-26(41-2)28(14-20)44-17-21-7-5-6-8-24(21)34(39)40)25(35-18-36-32)13-23(33(37)38)12-22-15-29-30(46-19-45-29)16-27(22)42-3/h5-10,13-16,18H,4,11-12,17,19H2,1-3H3,(H,37,38)(H,39,40)/b23-13+. The fraction of sp³-hybridized carbons (Fsp3) is 0.235. The summed E-state index contributed by atoms with van der Waals surface area (Å²) in [5.41, 5.74) is 2.50. The molecule has 0 spiro atoms. The molecule has 0 aliphatic carbocycles. The Morgan fingerprint density at radius 2 is 1.65 bits per heavy atom. The Hall–Kier alpha value is -5.78. The minimum absolute atomic E-state index is 0.0102. The molecule has 3 aromatic carbocycles. The van der Waals surface area contributed by atoms with E-state index in [2.05, 4.69) is 9.97 Å². The molecule has 0 fully saturated rings. The lowest BCUT2D eigenvalue weighted by Crippen LogP contribution is -2.07. The zero-order chi connectivity index (χ0) is 32.6. The number of rotatable bonds is 14. The number of methoxy groups -OCH3 is 2. The first-order chi connectivity index (χ1) is 22.3. The van der Waals surface area contributed by atoms with Crippen LogP contribution in [-0.4, -0.2) is 59.7 Å². The Labute approximate surface area is 264 Å². The zero-order valence-electron chi connectivity index (χ0n) is 25.4. The smallest absolute Gasteiger partial charge is 0.336 e. The summed E-state index contributed by atoms with van der Waals surface area (Å²) in [6, 6.07) is 15.1. The molecule has 2 heterocycles. The van der Waals surface area contributed by atoms with Crippen LogP contribution in [-0.2, 0) is 17.8 Å². The van der Waals surface area contributed by atoms with Crippen molar-refractivity contribution < 1.29 is 48.2 Å². The van der Waals surface area contributed by atoms with Crippen molar-refractivity contribution in [1.29, 1.82) is 0 Å². The highest BCUT2D eigenvalue weighted by Gasteiger charge is 2.22. The van der Waals surface area contributed by atoms with Gasteiger partial charge in [-0.2, -0.15) is 0 Å². The number of hydrogen-bond acceptors (Lipinski definition) is 10. The van der Waals surface area contributed by atoms with E-state index in [4.69, 9.17) is 28.4 Å². The maximum Gasteiger partial charge on any atom is 0.336 e. The SMILES string of the molecule is CCCOc1ncnc(/C=C(\Cc2cc3c(cc2OC)OCO3)C(=O)O)c1-c1ccc(OC)c(OCc2ccccc2C(=O)O)c1. The van der Waals surface area contributed by atoms with E-state index in [-0.39, 0.29) is 36.8 Å². The van der Waals surface area contributed by atoms with Gasteiger partial charge in [0.15, 0.2) is 23.0 Å². The first-order valence-corrected chi connectivity index (χ1v) is 14.3. The molecule has 1 aliphatic heterocycles. The van der Waals surface area contributed by atoms with Gasteiger partial charge in [-0.15, -0.1) is 0 Å². The number of aliphatic carboxylic acids is 1. The number of nitrogens with zero attached hydrogens (tertiary/aromatic N) is 2. The van der Waals surface area contributed by atoms with E-state index >= 15 is 0 Å². The van der Waals surface area contributed by atoms with Crippen LogP contribution in [0.2, 0.25) is 0 Å². The Kier molecular flexibility index (Phi) is 9.86. The second-order valence-corrected chi connectivity index (χ2v) is 10.1. The van der Waals surface area contributed by atoms with E-state index in [1.165, 1.54) is 32.7 Å². The average Bonchev–Trinajstić information content (AvgIpc) is 3.53. The predicted molar refractivity (Wildman–Crippen MR) is 166 cm³/mol. The molecular formula is C34H32N2O10. The Morgan fingerprint density at radius 1 is 0.891 bits per heavy atom. The Morgan fingerprint density at radius 3 is 2.37 bits per heavy atom. The molecule has 1 aromatic heterocycles. The summed E-state index contributed by atoms with van der Waals surface area (Å²) in [7, 11) is 2.99. The molecule has 0 bridgehead atoms. The molecule has 12 heteroatoms. The number of carbonyl (C=O) groups is 2. The molecule has 46 heavy (non-hydrogen) atoms. The Bertz CT molecular complexity index is 1790. The zero-order valence-corrected chi connectivity index (χ0v) is 25.4. The van der Waals surface area contributed by atoms with Crippen molar-refractivity contribution >= 4 is 18.0 Å².